The lowest BCUT2D eigenvalue weighted by Gasteiger charge is -2.25. The molecule has 2 aliphatic rings. The highest BCUT2D eigenvalue weighted by atomic mass is 32.2. The first-order valence-corrected chi connectivity index (χ1v) is 10.6. The molecule has 7 nitrogen and oxygen atoms in total. The Hall–Kier alpha value is -1.93. The highest BCUT2D eigenvalue weighted by molar-refractivity contribution is 7.89. The summed E-state index contributed by atoms with van der Waals surface area (Å²) in [6, 6.07) is 8.27. The second-order valence-corrected chi connectivity index (χ2v) is 8.72. The van der Waals surface area contributed by atoms with Crippen molar-refractivity contribution >= 4 is 22.0 Å². The van der Waals surface area contributed by atoms with Crippen molar-refractivity contribution in [3.05, 3.63) is 35.9 Å². The van der Waals surface area contributed by atoms with E-state index in [1.807, 2.05) is 6.07 Å². The van der Waals surface area contributed by atoms with Gasteiger partial charge in [0.1, 0.15) is 0 Å². The summed E-state index contributed by atoms with van der Waals surface area (Å²) in [5.41, 5.74) is 0.701. The maximum Gasteiger partial charge on any atom is 0.417 e. The van der Waals surface area contributed by atoms with Crippen LogP contribution >= 0.6 is 0 Å². The molecule has 1 saturated carbocycles. The normalized spacial score (nSPS) is 20.2. The smallest absolute Gasteiger partial charge is 0.417 e. The summed E-state index contributed by atoms with van der Waals surface area (Å²) in [4.78, 5) is 24.5. The van der Waals surface area contributed by atoms with E-state index in [4.69, 9.17) is 4.74 Å². The molecule has 1 aromatic carbocycles. The number of cyclic esters (lactones) is 1. The molecule has 26 heavy (non-hydrogen) atoms. The number of sulfonamides is 1. The van der Waals surface area contributed by atoms with Gasteiger partial charge in [-0.15, -0.1) is 0 Å². The predicted octanol–water partition coefficient (Wildman–Crippen LogP) is 2.21. The predicted molar refractivity (Wildman–Crippen MR) is 95.7 cm³/mol. The van der Waals surface area contributed by atoms with E-state index in [2.05, 4.69) is 4.72 Å². The van der Waals surface area contributed by atoms with Gasteiger partial charge in [-0.05, 0) is 24.3 Å². The molecule has 8 heteroatoms. The van der Waals surface area contributed by atoms with Gasteiger partial charge in [-0.3, -0.25) is 4.79 Å². The van der Waals surface area contributed by atoms with Crippen molar-refractivity contribution in [2.45, 2.75) is 38.1 Å². The molecule has 0 bridgehead atoms. The Kier molecular flexibility index (Phi) is 5.93. The second kappa shape index (κ2) is 8.18. The van der Waals surface area contributed by atoms with E-state index in [0.29, 0.717) is 5.56 Å². The van der Waals surface area contributed by atoms with Gasteiger partial charge >= 0.3 is 6.09 Å². The molecule has 1 aliphatic carbocycles. The largest absolute Gasteiger partial charge is 0.439 e. The maximum absolute atomic E-state index is 12.7. The van der Waals surface area contributed by atoms with Crippen LogP contribution in [-0.4, -0.2) is 44.2 Å². The Bertz CT molecular complexity index is 728. The third kappa shape index (κ3) is 4.82. The summed E-state index contributed by atoms with van der Waals surface area (Å²) in [5, 5.41) is 0. The van der Waals surface area contributed by atoms with E-state index in [0.717, 1.165) is 37.0 Å². The van der Waals surface area contributed by atoms with Crippen LogP contribution in [0.2, 0.25) is 0 Å². The van der Waals surface area contributed by atoms with E-state index in [-0.39, 0.29) is 24.8 Å². The van der Waals surface area contributed by atoms with Crippen LogP contribution in [0.1, 0.15) is 43.7 Å². The average Bonchev–Trinajstić information content (AvgIpc) is 2.94. The second-order valence-electron chi connectivity index (χ2n) is 6.93. The van der Waals surface area contributed by atoms with Crippen molar-refractivity contribution < 1.29 is 22.7 Å². The van der Waals surface area contributed by atoms with Crippen LogP contribution < -0.4 is 4.72 Å². The first kappa shape index (κ1) is 18.8. The van der Waals surface area contributed by atoms with Gasteiger partial charge in [-0.2, -0.15) is 0 Å². The van der Waals surface area contributed by atoms with Crippen LogP contribution in [0, 0.1) is 5.92 Å². The first-order chi connectivity index (χ1) is 12.4. The zero-order valence-corrected chi connectivity index (χ0v) is 15.4. The van der Waals surface area contributed by atoms with Crippen LogP contribution in [0.3, 0.4) is 0 Å². The van der Waals surface area contributed by atoms with E-state index >= 15 is 0 Å². The molecule has 1 atom stereocenters. The van der Waals surface area contributed by atoms with E-state index in [9.17, 15) is 18.0 Å². The highest BCUT2D eigenvalue weighted by Gasteiger charge is 2.35. The number of imide groups is 1. The number of carbonyl (C=O) groups is 2. The van der Waals surface area contributed by atoms with Crippen LogP contribution in [0.4, 0.5) is 4.79 Å². The Morgan fingerprint density at radius 2 is 1.81 bits per heavy atom. The Morgan fingerprint density at radius 3 is 2.42 bits per heavy atom. The summed E-state index contributed by atoms with van der Waals surface area (Å²) in [5.74, 6) is -0.215. The van der Waals surface area contributed by atoms with Gasteiger partial charge in [-0.1, -0.05) is 49.6 Å². The van der Waals surface area contributed by atoms with Crippen molar-refractivity contribution in [3.63, 3.8) is 0 Å². The third-order valence-electron chi connectivity index (χ3n) is 4.91. The molecule has 1 aliphatic heterocycles. The summed E-state index contributed by atoms with van der Waals surface area (Å²) >= 11 is 0. The summed E-state index contributed by atoms with van der Waals surface area (Å²) in [6.45, 7) is -0.374. The summed E-state index contributed by atoms with van der Waals surface area (Å²) in [6.07, 6.45) is 4.41. The molecule has 0 radical (unpaired) electrons. The number of rotatable bonds is 7. The van der Waals surface area contributed by atoms with Crippen molar-refractivity contribution in [1.29, 1.82) is 0 Å². The Morgan fingerprint density at radius 1 is 1.12 bits per heavy atom. The van der Waals surface area contributed by atoms with Crippen LogP contribution in [0.15, 0.2) is 30.3 Å². The molecule has 3 rings (SSSR count). The van der Waals surface area contributed by atoms with Gasteiger partial charge in [0.25, 0.3) is 5.91 Å². The zero-order valence-electron chi connectivity index (χ0n) is 14.6. The molecule has 2 amide bonds. The molecule has 1 aromatic rings. The third-order valence-corrected chi connectivity index (χ3v) is 6.46. The molecule has 1 heterocycles. The number of benzene rings is 1. The number of nitrogens with zero attached hydrogens (tertiary/aromatic N) is 1. The van der Waals surface area contributed by atoms with Crippen molar-refractivity contribution in [1.82, 2.24) is 9.62 Å². The molecular formula is C18H24N2O5S. The van der Waals surface area contributed by atoms with Gasteiger partial charge in [0.05, 0.1) is 18.3 Å². The minimum Gasteiger partial charge on any atom is -0.439 e. The molecule has 1 saturated heterocycles. The van der Waals surface area contributed by atoms with Crippen molar-refractivity contribution in [2.75, 3.05) is 18.9 Å². The van der Waals surface area contributed by atoms with E-state index in [1.165, 1.54) is 0 Å². The number of nitrogens with one attached hydrogen (secondary N) is 1. The molecule has 1 unspecified atom stereocenters. The van der Waals surface area contributed by atoms with E-state index in [1.54, 1.807) is 24.3 Å². The minimum absolute atomic E-state index is 0.0778. The Labute approximate surface area is 153 Å². The lowest BCUT2D eigenvalue weighted by molar-refractivity contribution is -0.126. The zero-order chi connectivity index (χ0) is 18.6. The number of hydrogen-bond donors (Lipinski definition) is 1. The van der Waals surface area contributed by atoms with Gasteiger partial charge < -0.3 is 4.74 Å². The van der Waals surface area contributed by atoms with Crippen LogP contribution in [0.25, 0.3) is 0 Å². The lowest BCUT2D eigenvalue weighted by atomic mass is 9.91. The lowest BCUT2D eigenvalue weighted by Crippen LogP contribution is -2.41. The van der Waals surface area contributed by atoms with Crippen molar-refractivity contribution in [2.24, 2.45) is 5.92 Å². The quantitative estimate of drug-likeness (QED) is 0.783. The molecule has 0 spiro atoms. The minimum atomic E-state index is -3.55. The van der Waals surface area contributed by atoms with Gasteiger partial charge in [-0.25, -0.2) is 22.8 Å². The summed E-state index contributed by atoms with van der Waals surface area (Å²) in [7, 11) is -3.55. The van der Waals surface area contributed by atoms with Gasteiger partial charge in [0.15, 0.2) is 6.61 Å². The van der Waals surface area contributed by atoms with Crippen molar-refractivity contribution in [3.8, 4) is 0 Å². The van der Waals surface area contributed by atoms with Crippen LogP contribution in [-0.2, 0) is 19.6 Å². The molecule has 2 fully saturated rings. The first-order valence-electron chi connectivity index (χ1n) is 8.97. The fourth-order valence-electron chi connectivity index (χ4n) is 3.57. The summed E-state index contributed by atoms with van der Waals surface area (Å²) < 4.78 is 32.8. The van der Waals surface area contributed by atoms with E-state index < -0.39 is 28.1 Å². The van der Waals surface area contributed by atoms with Crippen LogP contribution in [0.5, 0.6) is 0 Å². The number of carbonyl (C=O) groups excluding carboxylic acids is 2. The molecule has 0 aromatic heterocycles. The number of amides is 2. The molecule has 142 valence electrons. The Balaban J connectivity index is 1.74. The topological polar surface area (TPSA) is 92.8 Å². The fourth-order valence-corrected chi connectivity index (χ4v) is 5.26. The molecular weight excluding hydrogens is 356 g/mol. The maximum atomic E-state index is 12.7. The monoisotopic (exact) mass is 380 g/mol. The fraction of sp³-hybridized carbons (Fsp3) is 0.556. The molecule has 1 N–H and O–H groups in total. The SMILES string of the molecule is O=C1COC(=O)N1CC(NS(=O)(=O)CC1CCCCC1)c1ccccc1. The number of hydrogen-bond acceptors (Lipinski definition) is 5. The van der Waals surface area contributed by atoms with Gasteiger partial charge in [0, 0.05) is 0 Å². The average molecular weight is 380 g/mol. The van der Waals surface area contributed by atoms with Gasteiger partial charge in [0.2, 0.25) is 10.0 Å². The highest BCUT2D eigenvalue weighted by Crippen LogP contribution is 2.26. The standard InChI is InChI=1S/C18H24N2O5S/c21-17-12-25-18(22)20(17)11-16(15-9-5-2-6-10-15)19-26(23,24)13-14-7-3-1-4-8-14/h2,5-6,9-10,14,16,19H,1,3-4,7-8,11-13H2. The number of ether oxygens (including phenoxy) is 1.